The van der Waals surface area contributed by atoms with Gasteiger partial charge in [-0.05, 0) is 41.5 Å². The molecule has 1 unspecified atom stereocenters. The Hall–Kier alpha value is -3.35. The Morgan fingerprint density at radius 2 is 2.04 bits per heavy atom. The third-order valence-electron chi connectivity index (χ3n) is 4.17. The summed E-state index contributed by atoms with van der Waals surface area (Å²) >= 11 is 0. The fourth-order valence-corrected chi connectivity index (χ4v) is 2.93. The molecule has 140 valence electrons. The van der Waals surface area contributed by atoms with E-state index < -0.39 is 17.7 Å². The summed E-state index contributed by atoms with van der Waals surface area (Å²) in [5.41, 5.74) is 1.65. The van der Waals surface area contributed by atoms with Crippen molar-refractivity contribution in [3.8, 4) is 22.6 Å². The number of carbonyl (C=O) groups is 1. The maximum atomic E-state index is 14.4. The number of methoxy groups -OCH3 is 2. The molecule has 2 aromatic carbocycles. The lowest BCUT2D eigenvalue weighted by atomic mass is 9.92. The van der Waals surface area contributed by atoms with E-state index >= 15 is 0 Å². The van der Waals surface area contributed by atoms with E-state index in [9.17, 15) is 14.3 Å². The quantitative estimate of drug-likeness (QED) is 0.673. The molecule has 0 aliphatic carbocycles. The summed E-state index contributed by atoms with van der Waals surface area (Å²) in [6, 6.07) is 9.56. The van der Waals surface area contributed by atoms with Crippen LogP contribution in [0.25, 0.3) is 11.1 Å². The second-order valence-electron chi connectivity index (χ2n) is 5.86. The number of benzene rings is 2. The SMILES string of the molecule is COc1ccc(-c2cc(F)cc(C(CC(=O)O)c3ncco3)c2)c(OC)c1. The van der Waals surface area contributed by atoms with Crippen LogP contribution in [0.3, 0.4) is 0 Å². The molecule has 0 aliphatic rings. The molecule has 0 fully saturated rings. The Morgan fingerprint density at radius 3 is 2.67 bits per heavy atom. The van der Waals surface area contributed by atoms with Crippen molar-refractivity contribution in [2.75, 3.05) is 14.2 Å². The summed E-state index contributed by atoms with van der Waals surface area (Å²) in [5, 5.41) is 9.24. The molecule has 0 amide bonds. The van der Waals surface area contributed by atoms with Crippen molar-refractivity contribution in [3.63, 3.8) is 0 Å². The topological polar surface area (TPSA) is 81.8 Å². The molecule has 0 radical (unpaired) electrons. The Kier molecular flexibility index (Phi) is 5.40. The lowest BCUT2D eigenvalue weighted by Gasteiger charge is -2.15. The molecule has 0 saturated heterocycles. The Morgan fingerprint density at radius 1 is 1.22 bits per heavy atom. The van der Waals surface area contributed by atoms with Crippen LogP contribution in [0.2, 0.25) is 0 Å². The summed E-state index contributed by atoms with van der Waals surface area (Å²) < 4.78 is 30.2. The highest BCUT2D eigenvalue weighted by Crippen LogP contribution is 2.36. The van der Waals surface area contributed by atoms with Gasteiger partial charge >= 0.3 is 5.97 Å². The normalized spacial score (nSPS) is 11.8. The monoisotopic (exact) mass is 371 g/mol. The molecule has 3 rings (SSSR count). The minimum atomic E-state index is -1.04. The summed E-state index contributed by atoms with van der Waals surface area (Å²) in [6.07, 6.45) is 2.51. The summed E-state index contributed by atoms with van der Waals surface area (Å²) in [5.74, 6) is -0.909. The van der Waals surface area contributed by atoms with Crippen molar-refractivity contribution in [1.82, 2.24) is 4.98 Å². The molecule has 7 heteroatoms. The minimum absolute atomic E-state index is 0.218. The van der Waals surface area contributed by atoms with Gasteiger partial charge in [0.2, 0.25) is 5.89 Å². The van der Waals surface area contributed by atoms with Gasteiger partial charge in [-0.2, -0.15) is 0 Å². The molecule has 0 saturated carbocycles. The van der Waals surface area contributed by atoms with Crippen LogP contribution in [-0.2, 0) is 4.79 Å². The van der Waals surface area contributed by atoms with Gasteiger partial charge in [-0.15, -0.1) is 0 Å². The molecular weight excluding hydrogens is 353 g/mol. The first-order valence-electron chi connectivity index (χ1n) is 8.16. The molecule has 0 bridgehead atoms. The Balaban J connectivity index is 2.10. The first kappa shape index (κ1) is 18.4. The van der Waals surface area contributed by atoms with E-state index in [4.69, 9.17) is 13.9 Å². The van der Waals surface area contributed by atoms with Crippen LogP contribution >= 0.6 is 0 Å². The number of nitrogens with zero attached hydrogens (tertiary/aromatic N) is 1. The molecule has 1 atom stereocenters. The number of ether oxygens (including phenoxy) is 2. The van der Waals surface area contributed by atoms with Crippen LogP contribution in [0.5, 0.6) is 11.5 Å². The van der Waals surface area contributed by atoms with E-state index in [-0.39, 0.29) is 12.3 Å². The second-order valence-corrected chi connectivity index (χ2v) is 5.86. The molecular formula is C20H18FNO5. The van der Waals surface area contributed by atoms with Crippen LogP contribution in [-0.4, -0.2) is 30.3 Å². The van der Waals surface area contributed by atoms with Crippen LogP contribution in [0, 0.1) is 5.82 Å². The van der Waals surface area contributed by atoms with Gasteiger partial charge in [-0.1, -0.05) is 0 Å². The number of oxazole rings is 1. The lowest BCUT2D eigenvalue weighted by molar-refractivity contribution is -0.137. The zero-order valence-corrected chi connectivity index (χ0v) is 14.8. The van der Waals surface area contributed by atoms with Gasteiger partial charge in [0.25, 0.3) is 0 Å². The molecule has 1 N–H and O–H groups in total. The molecule has 0 aliphatic heterocycles. The van der Waals surface area contributed by atoms with Crippen LogP contribution < -0.4 is 9.47 Å². The first-order chi connectivity index (χ1) is 13.0. The highest BCUT2D eigenvalue weighted by molar-refractivity contribution is 5.73. The maximum absolute atomic E-state index is 14.4. The van der Waals surface area contributed by atoms with E-state index in [0.717, 1.165) is 0 Å². The van der Waals surface area contributed by atoms with Crippen molar-refractivity contribution in [2.45, 2.75) is 12.3 Å². The number of hydrogen-bond acceptors (Lipinski definition) is 5. The fraction of sp³-hybridized carbons (Fsp3) is 0.200. The Labute approximate surface area is 155 Å². The predicted molar refractivity (Wildman–Crippen MR) is 95.5 cm³/mol. The molecule has 1 heterocycles. The molecule has 6 nitrogen and oxygen atoms in total. The molecule has 27 heavy (non-hydrogen) atoms. The third-order valence-corrected chi connectivity index (χ3v) is 4.17. The maximum Gasteiger partial charge on any atom is 0.304 e. The van der Waals surface area contributed by atoms with Crippen molar-refractivity contribution >= 4 is 5.97 Å². The first-order valence-corrected chi connectivity index (χ1v) is 8.16. The van der Waals surface area contributed by atoms with Gasteiger partial charge in [-0.3, -0.25) is 4.79 Å². The number of rotatable bonds is 7. The van der Waals surface area contributed by atoms with Gasteiger partial charge in [0.1, 0.15) is 23.6 Å². The zero-order valence-electron chi connectivity index (χ0n) is 14.8. The van der Waals surface area contributed by atoms with Crippen molar-refractivity contribution in [2.24, 2.45) is 0 Å². The van der Waals surface area contributed by atoms with Crippen molar-refractivity contribution in [1.29, 1.82) is 0 Å². The van der Waals surface area contributed by atoms with Gasteiger partial charge in [0, 0.05) is 11.6 Å². The van der Waals surface area contributed by atoms with E-state index in [1.165, 1.54) is 31.7 Å². The largest absolute Gasteiger partial charge is 0.497 e. The molecule has 3 aromatic rings. The highest BCUT2D eigenvalue weighted by atomic mass is 19.1. The number of hydrogen-bond donors (Lipinski definition) is 1. The number of aromatic nitrogens is 1. The van der Waals surface area contributed by atoms with Crippen molar-refractivity contribution in [3.05, 3.63) is 66.1 Å². The van der Waals surface area contributed by atoms with Crippen molar-refractivity contribution < 1.29 is 28.2 Å². The van der Waals surface area contributed by atoms with E-state index in [0.29, 0.717) is 28.2 Å². The molecule has 0 spiro atoms. The van der Waals surface area contributed by atoms with E-state index in [1.807, 2.05) is 0 Å². The standard InChI is InChI=1S/C20H18FNO5/c1-25-15-3-4-16(18(10-15)26-2)12-7-13(9-14(21)8-12)17(11-19(23)24)20-22-5-6-27-20/h3-10,17H,11H2,1-2H3,(H,23,24). The number of carboxylic acids is 1. The van der Waals surface area contributed by atoms with Gasteiger partial charge < -0.3 is 19.0 Å². The Bertz CT molecular complexity index is 940. The highest BCUT2D eigenvalue weighted by Gasteiger charge is 2.23. The predicted octanol–water partition coefficient (Wildman–Crippen LogP) is 4.10. The third kappa shape index (κ3) is 4.08. The van der Waals surface area contributed by atoms with Gasteiger partial charge in [-0.25, -0.2) is 9.37 Å². The smallest absolute Gasteiger partial charge is 0.304 e. The fourth-order valence-electron chi connectivity index (χ4n) is 2.93. The van der Waals surface area contributed by atoms with E-state index in [1.54, 1.807) is 31.4 Å². The summed E-state index contributed by atoms with van der Waals surface area (Å²) in [4.78, 5) is 15.3. The second kappa shape index (κ2) is 7.90. The zero-order chi connectivity index (χ0) is 19.4. The number of carboxylic acid groups (broad SMARTS) is 1. The lowest BCUT2D eigenvalue weighted by Crippen LogP contribution is -2.09. The molecule has 1 aromatic heterocycles. The van der Waals surface area contributed by atoms with Crippen LogP contribution in [0.1, 0.15) is 23.8 Å². The number of halogens is 1. The average Bonchev–Trinajstić information content (AvgIpc) is 3.19. The van der Waals surface area contributed by atoms with E-state index in [2.05, 4.69) is 4.98 Å². The minimum Gasteiger partial charge on any atom is -0.497 e. The van der Waals surface area contributed by atoms with Gasteiger partial charge in [0.15, 0.2) is 0 Å². The summed E-state index contributed by atoms with van der Waals surface area (Å²) in [6.45, 7) is 0. The average molecular weight is 371 g/mol. The van der Waals surface area contributed by atoms with Crippen LogP contribution in [0.15, 0.2) is 53.3 Å². The summed E-state index contributed by atoms with van der Waals surface area (Å²) in [7, 11) is 3.06. The number of aliphatic carboxylic acids is 1. The van der Waals surface area contributed by atoms with Crippen LogP contribution in [0.4, 0.5) is 4.39 Å². The van der Waals surface area contributed by atoms with Gasteiger partial charge in [0.05, 0.1) is 32.8 Å².